The summed E-state index contributed by atoms with van der Waals surface area (Å²) in [7, 11) is 0. The fraction of sp³-hybridized carbons (Fsp3) is 0.250. The molecule has 5 nitrogen and oxygen atoms in total. The third kappa shape index (κ3) is 3.72. The first kappa shape index (κ1) is 14.8. The highest BCUT2D eigenvalue weighted by molar-refractivity contribution is 5.74. The van der Waals surface area contributed by atoms with Crippen LogP contribution in [0.15, 0.2) is 36.4 Å². The van der Waals surface area contributed by atoms with Crippen LogP contribution in [-0.2, 0) is 0 Å². The molecule has 0 unspecified atom stereocenters. The van der Waals surface area contributed by atoms with E-state index in [1.54, 1.807) is 12.1 Å². The van der Waals surface area contributed by atoms with Crippen molar-refractivity contribution in [2.24, 2.45) is 0 Å². The van der Waals surface area contributed by atoms with E-state index >= 15 is 0 Å². The standard InChI is InChI=1S/C16H21N3O2/c1-3-20-12-6-8-16(21-4-2)15(10-12)19-11-5-7-13(17)14(18)9-11/h5-10,19H,3-4,17-18H2,1-2H3. The maximum atomic E-state index is 5.83. The molecular weight excluding hydrogens is 266 g/mol. The highest BCUT2D eigenvalue weighted by atomic mass is 16.5. The van der Waals surface area contributed by atoms with Crippen LogP contribution < -0.4 is 26.3 Å². The van der Waals surface area contributed by atoms with Gasteiger partial charge in [-0.2, -0.15) is 0 Å². The van der Waals surface area contributed by atoms with Gasteiger partial charge in [-0.25, -0.2) is 0 Å². The maximum Gasteiger partial charge on any atom is 0.142 e. The third-order valence-electron chi connectivity index (χ3n) is 2.93. The first-order valence-electron chi connectivity index (χ1n) is 6.95. The average molecular weight is 287 g/mol. The molecule has 2 rings (SSSR count). The van der Waals surface area contributed by atoms with Crippen LogP contribution in [0.2, 0.25) is 0 Å². The van der Waals surface area contributed by atoms with E-state index in [1.165, 1.54) is 0 Å². The van der Waals surface area contributed by atoms with Crippen LogP contribution in [-0.4, -0.2) is 13.2 Å². The first-order valence-corrected chi connectivity index (χ1v) is 6.95. The normalized spacial score (nSPS) is 10.2. The number of nitrogens with one attached hydrogen (secondary N) is 1. The van der Waals surface area contributed by atoms with E-state index in [4.69, 9.17) is 20.9 Å². The molecule has 0 amide bonds. The van der Waals surface area contributed by atoms with Crippen molar-refractivity contribution in [1.82, 2.24) is 0 Å². The van der Waals surface area contributed by atoms with Crippen LogP contribution in [0.4, 0.5) is 22.7 Å². The Balaban J connectivity index is 2.30. The summed E-state index contributed by atoms with van der Waals surface area (Å²) in [5.74, 6) is 1.54. The van der Waals surface area contributed by atoms with Gasteiger partial charge in [-0.05, 0) is 44.2 Å². The monoisotopic (exact) mass is 287 g/mol. The summed E-state index contributed by atoms with van der Waals surface area (Å²) >= 11 is 0. The van der Waals surface area contributed by atoms with Gasteiger partial charge in [0.1, 0.15) is 11.5 Å². The molecule has 0 saturated heterocycles. The number of hydrogen-bond donors (Lipinski definition) is 3. The highest BCUT2D eigenvalue weighted by Crippen LogP contribution is 2.33. The topological polar surface area (TPSA) is 82.5 Å². The zero-order valence-corrected chi connectivity index (χ0v) is 12.3. The summed E-state index contributed by atoms with van der Waals surface area (Å²) in [6.45, 7) is 5.10. The number of hydrogen-bond acceptors (Lipinski definition) is 5. The summed E-state index contributed by atoms with van der Waals surface area (Å²) in [4.78, 5) is 0. The first-order chi connectivity index (χ1) is 10.1. The van der Waals surface area contributed by atoms with Gasteiger partial charge in [0.05, 0.1) is 30.3 Å². The smallest absolute Gasteiger partial charge is 0.142 e. The van der Waals surface area contributed by atoms with E-state index in [0.717, 1.165) is 22.9 Å². The molecule has 0 aliphatic heterocycles. The molecule has 5 N–H and O–H groups in total. The van der Waals surface area contributed by atoms with Crippen LogP contribution in [0, 0.1) is 0 Å². The molecule has 0 aliphatic rings. The Labute approximate surface area is 124 Å². The number of benzene rings is 2. The summed E-state index contributed by atoms with van der Waals surface area (Å²) in [6.07, 6.45) is 0. The number of ether oxygens (including phenoxy) is 2. The van der Waals surface area contributed by atoms with E-state index < -0.39 is 0 Å². The van der Waals surface area contributed by atoms with Crippen LogP contribution in [0.25, 0.3) is 0 Å². The van der Waals surface area contributed by atoms with Crippen molar-refractivity contribution in [2.45, 2.75) is 13.8 Å². The van der Waals surface area contributed by atoms with Crippen molar-refractivity contribution in [2.75, 3.05) is 30.0 Å². The highest BCUT2D eigenvalue weighted by Gasteiger charge is 2.07. The molecule has 0 radical (unpaired) electrons. The molecule has 5 heteroatoms. The van der Waals surface area contributed by atoms with Gasteiger partial charge in [0.15, 0.2) is 0 Å². The summed E-state index contributed by atoms with van der Waals surface area (Å²) < 4.78 is 11.1. The molecule has 0 atom stereocenters. The van der Waals surface area contributed by atoms with E-state index in [-0.39, 0.29) is 0 Å². The van der Waals surface area contributed by atoms with Gasteiger partial charge >= 0.3 is 0 Å². The predicted octanol–water partition coefficient (Wildman–Crippen LogP) is 3.39. The largest absolute Gasteiger partial charge is 0.494 e. The van der Waals surface area contributed by atoms with E-state index in [2.05, 4.69) is 5.32 Å². The summed E-state index contributed by atoms with van der Waals surface area (Å²) in [6, 6.07) is 11.1. The van der Waals surface area contributed by atoms with Crippen molar-refractivity contribution >= 4 is 22.7 Å². The zero-order chi connectivity index (χ0) is 15.2. The fourth-order valence-electron chi connectivity index (χ4n) is 1.95. The molecule has 0 aromatic heterocycles. The zero-order valence-electron chi connectivity index (χ0n) is 12.3. The van der Waals surface area contributed by atoms with Crippen molar-refractivity contribution < 1.29 is 9.47 Å². The Morgan fingerprint density at radius 3 is 2.33 bits per heavy atom. The van der Waals surface area contributed by atoms with Crippen LogP contribution >= 0.6 is 0 Å². The molecule has 0 spiro atoms. The van der Waals surface area contributed by atoms with Gasteiger partial charge in [-0.3, -0.25) is 0 Å². The number of nitrogens with two attached hydrogens (primary N) is 2. The number of rotatable bonds is 6. The van der Waals surface area contributed by atoms with Gasteiger partial charge in [0, 0.05) is 11.8 Å². The van der Waals surface area contributed by atoms with Crippen molar-refractivity contribution in [3.8, 4) is 11.5 Å². The quantitative estimate of drug-likeness (QED) is 0.709. The minimum atomic E-state index is 0.541. The molecular formula is C16H21N3O2. The molecule has 2 aromatic carbocycles. The Morgan fingerprint density at radius 2 is 1.67 bits per heavy atom. The second-order valence-electron chi connectivity index (χ2n) is 4.49. The third-order valence-corrected chi connectivity index (χ3v) is 2.93. The van der Waals surface area contributed by atoms with Gasteiger partial charge in [0.25, 0.3) is 0 Å². The summed E-state index contributed by atoms with van der Waals surface area (Å²) in [5.41, 5.74) is 14.3. The molecule has 0 fully saturated rings. The second kappa shape index (κ2) is 6.74. The van der Waals surface area contributed by atoms with Crippen molar-refractivity contribution in [3.63, 3.8) is 0 Å². The van der Waals surface area contributed by atoms with Gasteiger partial charge < -0.3 is 26.3 Å². The predicted molar refractivity (Wildman–Crippen MR) is 87.3 cm³/mol. The van der Waals surface area contributed by atoms with E-state index in [0.29, 0.717) is 24.6 Å². The maximum absolute atomic E-state index is 5.83. The van der Waals surface area contributed by atoms with Gasteiger partial charge in [0.2, 0.25) is 0 Å². The minimum absolute atomic E-state index is 0.541. The Hall–Kier alpha value is -2.56. The molecule has 0 saturated carbocycles. The lowest BCUT2D eigenvalue weighted by Crippen LogP contribution is -2.01. The molecule has 2 aromatic rings. The van der Waals surface area contributed by atoms with Crippen LogP contribution in [0.5, 0.6) is 11.5 Å². The lowest BCUT2D eigenvalue weighted by Gasteiger charge is -2.15. The van der Waals surface area contributed by atoms with Crippen LogP contribution in [0.3, 0.4) is 0 Å². The SMILES string of the molecule is CCOc1ccc(OCC)c(Nc2ccc(N)c(N)c2)c1. The van der Waals surface area contributed by atoms with Crippen molar-refractivity contribution in [1.29, 1.82) is 0 Å². The molecule has 0 heterocycles. The average Bonchev–Trinajstić information content (AvgIpc) is 2.46. The van der Waals surface area contributed by atoms with Gasteiger partial charge in [-0.15, -0.1) is 0 Å². The molecule has 21 heavy (non-hydrogen) atoms. The molecule has 112 valence electrons. The second-order valence-corrected chi connectivity index (χ2v) is 4.49. The lowest BCUT2D eigenvalue weighted by atomic mass is 10.2. The Kier molecular flexibility index (Phi) is 4.77. The Morgan fingerprint density at radius 1 is 0.905 bits per heavy atom. The number of nitrogen functional groups attached to an aromatic ring is 2. The fourth-order valence-corrected chi connectivity index (χ4v) is 1.95. The lowest BCUT2D eigenvalue weighted by molar-refractivity contribution is 0.332. The minimum Gasteiger partial charge on any atom is -0.494 e. The van der Waals surface area contributed by atoms with Gasteiger partial charge in [-0.1, -0.05) is 0 Å². The number of anilines is 4. The van der Waals surface area contributed by atoms with E-state index in [1.807, 2.05) is 38.1 Å². The molecule has 0 aliphatic carbocycles. The van der Waals surface area contributed by atoms with E-state index in [9.17, 15) is 0 Å². The van der Waals surface area contributed by atoms with Crippen molar-refractivity contribution in [3.05, 3.63) is 36.4 Å². The molecule has 0 bridgehead atoms. The Bertz CT molecular complexity index is 614. The summed E-state index contributed by atoms with van der Waals surface area (Å²) in [5, 5.41) is 3.28. The van der Waals surface area contributed by atoms with Crippen LogP contribution in [0.1, 0.15) is 13.8 Å².